The topological polar surface area (TPSA) is 17.1 Å². The molecular weight excluding hydrogens is 244 g/mol. The number of aryl methyl sites for hydroxylation is 2. The molecule has 20 heavy (non-hydrogen) atoms. The monoisotopic (exact) mass is 268 g/mol. The Bertz CT molecular complexity index is 584. The van der Waals surface area contributed by atoms with Gasteiger partial charge in [-0.3, -0.25) is 4.79 Å². The molecule has 0 atom stereocenters. The Labute approximate surface area is 122 Å². The summed E-state index contributed by atoms with van der Waals surface area (Å²) in [5, 5.41) is 2.53. The van der Waals surface area contributed by atoms with E-state index in [2.05, 4.69) is 32.0 Å². The summed E-state index contributed by atoms with van der Waals surface area (Å²) in [6, 6.07) is 10.7. The summed E-state index contributed by atoms with van der Waals surface area (Å²) in [7, 11) is 0. The van der Waals surface area contributed by atoms with E-state index in [1.165, 1.54) is 47.6 Å². The van der Waals surface area contributed by atoms with Gasteiger partial charge in [0, 0.05) is 5.56 Å². The highest BCUT2D eigenvalue weighted by Crippen LogP contribution is 2.25. The molecule has 2 aromatic carbocycles. The van der Waals surface area contributed by atoms with Gasteiger partial charge >= 0.3 is 0 Å². The van der Waals surface area contributed by atoms with E-state index in [9.17, 15) is 4.79 Å². The van der Waals surface area contributed by atoms with Crippen molar-refractivity contribution in [1.29, 1.82) is 0 Å². The zero-order valence-electron chi connectivity index (χ0n) is 12.6. The van der Waals surface area contributed by atoms with E-state index >= 15 is 0 Å². The molecule has 0 aromatic heterocycles. The van der Waals surface area contributed by atoms with Gasteiger partial charge < -0.3 is 0 Å². The highest BCUT2D eigenvalue weighted by Gasteiger charge is 2.05. The van der Waals surface area contributed by atoms with E-state index < -0.39 is 0 Å². The molecule has 0 aliphatic heterocycles. The van der Waals surface area contributed by atoms with Crippen LogP contribution in [-0.4, -0.2) is 6.29 Å². The average molecular weight is 268 g/mol. The van der Waals surface area contributed by atoms with E-state index in [0.717, 1.165) is 24.7 Å². The van der Waals surface area contributed by atoms with Crippen molar-refractivity contribution >= 4 is 17.1 Å². The second-order valence-corrected chi connectivity index (χ2v) is 5.56. The number of carbonyl (C=O) groups is 1. The molecule has 1 heteroatoms. The molecule has 0 heterocycles. The highest BCUT2D eigenvalue weighted by atomic mass is 16.1. The Hall–Kier alpha value is -1.63. The molecule has 106 valence electrons. The summed E-state index contributed by atoms with van der Waals surface area (Å²) >= 11 is 0. The van der Waals surface area contributed by atoms with Crippen molar-refractivity contribution in [3.8, 4) is 0 Å². The van der Waals surface area contributed by atoms with Gasteiger partial charge in [0.25, 0.3) is 0 Å². The SMILES string of the molecule is CCCCc1cc(CCCC)c2cc(C=O)ccc2c1. The molecule has 0 aliphatic rings. The smallest absolute Gasteiger partial charge is 0.150 e. The van der Waals surface area contributed by atoms with Gasteiger partial charge in [-0.05, 0) is 53.6 Å². The molecule has 0 aliphatic carbocycles. The van der Waals surface area contributed by atoms with Gasteiger partial charge in [0.2, 0.25) is 0 Å². The standard InChI is InChI=1S/C19H24O/c1-3-5-7-15-11-17(8-6-4-2)19-13-16(14-20)9-10-18(19)12-15/h9-14H,3-8H2,1-2H3. The third kappa shape index (κ3) is 3.47. The fourth-order valence-corrected chi connectivity index (χ4v) is 2.69. The minimum absolute atomic E-state index is 0.775. The lowest BCUT2D eigenvalue weighted by molar-refractivity contribution is 0.112. The minimum atomic E-state index is 0.775. The molecule has 0 bridgehead atoms. The quantitative estimate of drug-likeness (QED) is 0.620. The Balaban J connectivity index is 2.46. The maximum atomic E-state index is 11.0. The lowest BCUT2D eigenvalue weighted by Gasteiger charge is -2.11. The predicted octanol–water partition coefficient (Wildman–Crippen LogP) is 5.34. The normalized spacial score (nSPS) is 10.9. The minimum Gasteiger partial charge on any atom is -0.298 e. The van der Waals surface area contributed by atoms with E-state index in [1.54, 1.807) is 0 Å². The summed E-state index contributed by atoms with van der Waals surface area (Å²) in [6.45, 7) is 4.45. The van der Waals surface area contributed by atoms with Crippen LogP contribution < -0.4 is 0 Å². The van der Waals surface area contributed by atoms with Gasteiger partial charge in [-0.1, -0.05) is 51.0 Å². The first-order chi connectivity index (χ1) is 9.78. The molecule has 0 radical (unpaired) electrons. The number of unbranched alkanes of at least 4 members (excludes halogenated alkanes) is 2. The molecule has 0 amide bonds. The van der Waals surface area contributed by atoms with Gasteiger partial charge in [0.15, 0.2) is 0 Å². The van der Waals surface area contributed by atoms with Crippen LogP contribution in [0.5, 0.6) is 0 Å². The molecule has 0 saturated heterocycles. The molecule has 0 unspecified atom stereocenters. The van der Waals surface area contributed by atoms with Crippen LogP contribution in [0.3, 0.4) is 0 Å². The molecular formula is C19H24O. The molecule has 2 rings (SSSR count). The largest absolute Gasteiger partial charge is 0.298 e. The van der Waals surface area contributed by atoms with Crippen molar-refractivity contribution in [2.45, 2.75) is 52.4 Å². The maximum absolute atomic E-state index is 11.0. The first kappa shape index (κ1) is 14.8. The lowest BCUT2D eigenvalue weighted by Crippen LogP contribution is -1.94. The summed E-state index contributed by atoms with van der Waals surface area (Å²) in [5.74, 6) is 0. The molecule has 0 N–H and O–H groups in total. The molecule has 0 spiro atoms. The lowest BCUT2D eigenvalue weighted by atomic mass is 9.94. The second-order valence-electron chi connectivity index (χ2n) is 5.56. The number of hydrogen-bond donors (Lipinski definition) is 0. The van der Waals surface area contributed by atoms with E-state index in [0.29, 0.717) is 0 Å². The number of hydrogen-bond acceptors (Lipinski definition) is 1. The van der Waals surface area contributed by atoms with Crippen molar-refractivity contribution in [3.63, 3.8) is 0 Å². The average Bonchev–Trinajstić information content (AvgIpc) is 2.50. The van der Waals surface area contributed by atoms with Crippen molar-refractivity contribution in [2.24, 2.45) is 0 Å². The van der Waals surface area contributed by atoms with Crippen LogP contribution >= 0.6 is 0 Å². The van der Waals surface area contributed by atoms with Crippen LogP contribution in [0.4, 0.5) is 0 Å². The number of benzene rings is 2. The summed E-state index contributed by atoms with van der Waals surface area (Å²) in [4.78, 5) is 11.0. The number of fused-ring (bicyclic) bond motifs is 1. The fraction of sp³-hybridized carbons (Fsp3) is 0.421. The summed E-state index contributed by atoms with van der Waals surface area (Å²) < 4.78 is 0. The van der Waals surface area contributed by atoms with Crippen molar-refractivity contribution in [3.05, 3.63) is 47.0 Å². The van der Waals surface area contributed by atoms with Gasteiger partial charge in [-0.2, -0.15) is 0 Å². The van der Waals surface area contributed by atoms with Crippen LogP contribution in [0.25, 0.3) is 10.8 Å². The van der Waals surface area contributed by atoms with Crippen LogP contribution in [-0.2, 0) is 12.8 Å². The number of aldehydes is 1. The van der Waals surface area contributed by atoms with E-state index in [-0.39, 0.29) is 0 Å². The maximum Gasteiger partial charge on any atom is 0.150 e. The van der Waals surface area contributed by atoms with Crippen LogP contribution in [0.15, 0.2) is 30.3 Å². The zero-order chi connectivity index (χ0) is 14.4. The van der Waals surface area contributed by atoms with Gasteiger partial charge in [0.1, 0.15) is 6.29 Å². The van der Waals surface area contributed by atoms with Crippen molar-refractivity contribution < 1.29 is 4.79 Å². The highest BCUT2D eigenvalue weighted by molar-refractivity contribution is 5.91. The zero-order valence-corrected chi connectivity index (χ0v) is 12.6. The third-order valence-electron chi connectivity index (χ3n) is 3.88. The summed E-state index contributed by atoms with van der Waals surface area (Å²) in [5.41, 5.74) is 3.61. The third-order valence-corrected chi connectivity index (χ3v) is 3.88. The molecule has 0 saturated carbocycles. The molecule has 0 fully saturated rings. The Kier molecular flexibility index (Phi) is 5.34. The molecule has 1 nitrogen and oxygen atoms in total. The first-order valence-corrected chi connectivity index (χ1v) is 7.79. The van der Waals surface area contributed by atoms with E-state index in [4.69, 9.17) is 0 Å². The van der Waals surface area contributed by atoms with Gasteiger partial charge in [-0.15, -0.1) is 0 Å². The summed E-state index contributed by atoms with van der Waals surface area (Å²) in [6.07, 6.45) is 8.08. The second kappa shape index (κ2) is 7.23. The van der Waals surface area contributed by atoms with Crippen LogP contribution in [0.1, 0.15) is 61.0 Å². The Morgan fingerprint density at radius 3 is 2.40 bits per heavy atom. The van der Waals surface area contributed by atoms with Crippen molar-refractivity contribution in [1.82, 2.24) is 0 Å². The van der Waals surface area contributed by atoms with E-state index in [1.807, 2.05) is 12.1 Å². The van der Waals surface area contributed by atoms with Gasteiger partial charge in [0.05, 0.1) is 0 Å². The van der Waals surface area contributed by atoms with Crippen molar-refractivity contribution in [2.75, 3.05) is 0 Å². The number of rotatable bonds is 7. The predicted molar refractivity (Wildman–Crippen MR) is 86.6 cm³/mol. The van der Waals surface area contributed by atoms with Gasteiger partial charge in [-0.25, -0.2) is 0 Å². The fourth-order valence-electron chi connectivity index (χ4n) is 2.69. The van der Waals surface area contributed by atoms with Crippen LogP contribution in [0, 0.1) is 0 Å². The van der Waals surface area contributed by atoms with Crippen LogP contribution in [0.2, 0.25) is 0 Å². The Morgan fingerprint density at radius 2 is 1.70 bits per heavy atom. The number of carbonyl (C=O) groups excluding carboxylic acids is 1. The first-order valence-electron chi connectivity index (χ1n) is 7.79. The molecule has 2 aromatic rings. The Morgan fingerprint density at radius 1 is 0.950 bits per heavy atom.